The second kappa shape index (κ2) is 8.27. The molecule has 1 aromatic carbocycles. The van der Waals surface area contributed by atoms with E-state index in [0.717, 1.165) is 11.3 Å². The molecule has 24 heavy (non-hydrogen) atoms. The molecule has 1 heterocycles. The Kier molecular flexibility index (Phi) is 6.36. The largest absolute Gasteiger partial charge is 0.495 e. The highest BCUT2D eigenvalue weighted by Crippen LogP contribution is 2.24. The maximum absolute atomic E-state index is 12.6. The van der Waals surface area contributed by atoms with Gasteiger partial charge in [0.25, 0.3) is 10.0 Å². The van der Waals surface area contributed by atoms with Crippen molar-refractivity contribution in [1.29, 1.82) is 0 Å². The highest BCUT2D eigenvalue weighted by molar-refractivity contribution is 7.91. The fourth-order valence-electron chi connectivity index (χ4n) is 2.17. The lowest BCUT2D eigenvalue weighted by Crippen LogP contribution is -2.38. The summed E-state index contributed by atoms with van der Waals surface area (Å²) in [6.07, 6.45) is 0.618. The molecule has 1 amide bonds. The zero-order valence-electron chi connectivity index (χ0n) is 13.6. The number of hydrogen-bond donors (Lipinski definition) is 1. The molecule has 0 aliphatic carbocycles. The van der Waals surface area contributed by atoms with E-state index in [1.165, 1.54) is 11.4 Å². The van der Waals surface area contributed by atoms with Crippen molar-refractivity contribution in [3.63, 3.8) is 0 Å². The van der Waals surface area contributed by atoms with Gasteiger partial charge in [-0.15, -0.1) is 11.3 Å². The SMILES string of the molecule is CCCN(CC(=O)Nc1ccccc1OC)S(=O)(=O)c1cccs1. The first kappa shape index (κ1) is 18.4. The molecule has 6 nitrogen and oxygen atoms in total. The lowest BCUT2D eigenvalue weighted by molar-refractivity contribution is -0.116. The molecule has 0 bridgehead atoms. The summed E-state index contributed by atoms with van der Waals surface area (Å²) in [6.45, 7) is 1.90. The second-order valence-corrected chi connectivity index (χ2v) is 8.13. The van der Waals surface area contributed by atoms with Gasteiger partial charge in [0.05, 0.1) is 19.3 Å². The Balaban J connectivity index is 2.14. The molecule has 0 saturated heterocycles. The summed E-state index contributed by atoms with van der Waals surface area (Å²) in [5.74, 6) is 0.113. The fraction of sp³-hybridized carbons (Fsp3) is 0.312. The van der Waals surface area contributed by atoms with Gasteiger partial charge in [0, 0.05) is 6.54 Å². The van der Waals surface area contributed by atoms with Crippen molar-refractivity contribution in [1.82, 2.24) is 4.31 Å². The number of hydrogen-bond acceptors (Lipinski definition) is 5. The minimum absolute atomic E-state index is 0.237. The number of anilines is 1. The first-order valence-electron chi connectivity index (χ1n) is 7.45. The number of sulfonamides is 1. The monoisotopic (exact) mass is 368 g/mol. The minimum atomic E-state index is -3.66. The molecule has 0 aliphatic rings. The van der Waals surface area contributed by atoms with Crippen LogP contribution in [0.25, 0.3) is 0 Å². The van der Waals surface area contributed by atoms with Crippen LogP contribution in [0.5, 0.6) is 5.75 Å². The van der Waals surface area contributed by atoms with Crippen LogP contribution in [0.2, 0.25) is 0 Å². The van der Waals surface area contributed by atoms with Gasteiger partial charge in [-0.25, -0.2) is 8.42 Å². The van der Waals surface area contributed by atoms with Gasteiger partial charge in [-0.1, -0.05) is 25.1 Å². The van der Waals surface area contributed by atoms with Gasteiger partial charge in [-0.3, -0.25) is 4.79 Å². The van der Waals surface area contributed by atoms with Crippen molar-refractivity contribution in [2.45, 2.75) is 17.6 Å². The standard InChI is InChI=1S/C16H20N2O4S2/c1-3-10-18(24(20,21)16-9-6-11-23-16)12-15(19)17-13-7-4-5-8-14(13)22-2/h4-9,11H,3,10,12H2,1-2H3,(H,17,19). The van der Waals surface area contributed by atoms with Crippen LogP contribution >= 0.6 is 11.3 Å². The van der Waals surface area contributed by atoms with Crippen LogP contribution in [0.1, 0.15) is 13.3 Å². The van der Waals surface area contributed by atoms with Gasteiger partial charge in [0.15, 0.2) is 0 Å². The van der Waals surface area contributed by atoms with Crippen molar-refractivity contribution in [2.24, 2.45) is 0 Å². The Hall–Kier alpha value is -1.90. The van der Waals surface area contributed by atoms with E-state index in [1.54, 1.807) is 41.8 Å². The zero-order chi connectivity index (χ0) is 17.6. The molecule has 1 aromatic heterocycles. The number of methoxy groups -OCH3 is 1. The number of benzene rings is 1. The highest BCUT2D eigenvalue weighted by atomic mass is 32.2. The van der Waals surface area contributed by atoms with Gasteiger partial charge < -0.3 is 10.1 Å². The molecule has 2 rings (SSSR count). The molecule has 0 atom stereocenters. The number of para-hydroxylation sites is 2. The number of ether oxygens (including phenoxy) is 1. The molecule has 1 N–H and O–H groups in total. The van der Waals surface area contributed by atoms with Crippen molar-refractivity contribution >= 4 is 33.0 Å². The first-order chi connectivity index (χ1) is 11.5. The smallest absolute Gasteiger partial charge is 0.253 e. The van der Waals surface area contributed by atoms with Crippen molar-refractivity contribution in [3.05, 3.63) is 41.8 Å². The van der Waals surface area contributed by atoms with Crippen LogP contribution in [0.3, 0.4) is 0 Å². The Morgan fingerprint density at radius 3 is 2.62 bits per heavy atom. The number of nitrogens with zero attached hydrogens (tertiary/aromatic N) is 1. The third kappa shape index (κ3) is 4.34. The van der Waals surface area contributed by atoms with Gasteiger partial charge in [-0.05, 0) is 30.0 Å². The van der Waals surface area contributed by atoms with Crippen molar-refractivity contribution < 1.29 is 17.9 Å². The molecular formula is C16H20N2O4S2. The quantitative estimate of drug-likeness (QED) is 0.777. The number of nitrogens with one attached hydrogen (secondary N) is 1. The Bertz CT molecular complexity index is 773. The van der Waals surface area contributed by atoms with Crippen LogP contribution in [-0.4, -0.2) is 38.8 Å². The van der Waals surface area contributed by atoms with Gasteiger partial charge in [-0.2, -0.15) is 4.31 Å². The first-order valence-corrected chi connectivity index (χ1v) is 9.77. The molecule has 0 aliphatic heterocycles. The van der Waals surface area contributed by atoms with E-state index in [4.69, 9.17) is 4.74 Å². The Morgan fingerprint density at radius 2 is 2.00 bits per heavy atom. The average Bonchev–Trinajstić information content (AvgIpc) is 3.10. The van der Waals surface area contributed by atoms with Crippen molar-refractivity contribution in [2.75, 3.05) is 25.5 Å². The molecule has 0 saturated carbocycles. The van der Waals surface area contributed by atoms with E-state index >= 15 is 0 Å². The van der Waals surface area contributed by atoms with E-state index in [2.05, 4.69) is 5.32 Å². The van der Waals surface area contributed by atoms with Gasteiger partial charge in [0.1, 0.15) is 9.96 Å². The molecule has 0 fully saturated rings. The number of amides is 1. The maximum Gasteiger partial charge on any atom is 0.253 e. The molecule has 0 unspecified atom stereocenters. The Morgan fingerprint density at radius 1 is 1.25 bits per heavy atom. The molecular weight excluding hydrogens is 348 g/mol. The average molecular weight is 368 g/mol. The number of rotatable bonds is 8. The number of carbonyl (C=O) groups excluding carboxylic acids is 1. The number of carbonyl (C=O) groups is 1. The predicted molar refractivity (Wildman–Crippen MR) is 95.0 cm³/mol. The summed E-state index contributed by atoms with van der Waals surface area (Å²) in [7, 11) is -2.15. The van der Waals surface area contributed by atoms with Crippen LogP contribution < -0.4 is 10.1 Å². The normalized spacial score (nSPS) is 11.5. The van der Waals surface area contributed by atoms with Crippen LogP contribution in [0.15, 0.2) is 46.0 Å². The Labute approximate surface area is 146 Å². The number of thiophene rings is 1. The predicted octanol–water partition coefficient (Wildman–Crippen LogP) is 2.80. The summed E-state index contributed by atoms with van der Waals surface area (Å²) < 4.78 is 31.9. The topological polar surface area (TPSA) is 75.7 Å². The lowest BCUT2D eigenvalue weighted by Gasteiger charge is -2.20. The van der Waals surface area contributed by atoms with E-state index in [1.807, 2.05) is 6.92 Å². The zero-order valence-corrected chi connectivity index (χ0v) is 15.2. The highest BCUT2D eigenvalue weighted by Gasteiger charge is 2.27. The summed E-state index contributed by atoms with van der Waals surface area (Å²) in [6, 6.07) is 10.2. The van der Waals surface area contributed by atoms with E-state index < -0.39 is 15.9 Å². The fourth-order valence-corrected chi connectivity index (χ4v) is 4.80. The molecule has 8 heteroatoms. The third-order valence-corrected chi connectivity index (χ3v) is 6.48. The van der Waals surface area contributed by atoms with E-state index in [9.17, 15) is 13.2 Å². The second-order valence-electron chi connectivity index (χ2n) is 5.02. The van der Waals surface area contributed by atoms with Crippen LogP contribution in [0.4, 0.5) is 5.69 Å². The summed E-state index contributed by atoms with van der Waals surface area (Å²) >= 11 is 1.14. The summed E-state index contributed by atoms with van der Waals surface area (Å²) in [4.78, 5) is 12.3. The molecule has 2 aromatic rings. The van der Waals surface area contributed by atoms with Crippen molar-refractivity contribution in [3.8, 4) is 5.75 Å². The third-order valence-electron chi connectivity index (χ3n) is 3.26. The molecule has 0 radical (unpaired) electrons. The molecule has 0 spiro atoms. The van der Waals surface area contributed by atoms with E-state index in [0.29, 0.717) is 17.9 Å². The van der Waals surface area contributed by atoms with Crippen LogP contribution in [-0.2, 0) is 14.8 Å². The summed E-state index contributed by atoms with van der Waals surface area (Å²) in [5.41, 5.74) is 0.509. The molecule has 130 valence electrons. The van der Waals surface area contributed by atoms with Crippen LogP contribution in [0, 0.1) is 0 Å². The van der Waals surface area contributed by atoms with Gasteiger partial charge >= 0.3 is 0 Å². The lowest BCUT2D eigenvalue weighted by atomic mass is 10.3. The maximum atomic E-state index is 12.6. The van der Waals surface area contributed by atoms with Gasteiger partial charge in [0.2, 0.25) is 5.91 Å². The summed E-state index contributed by atoms with van der Waals surface area (Å²) in [5, 5.41) is 4.40. The van der Waals surface area contributed by atoms with E-state index in [-0.39, 0.29) is 17.3 Å². The minimum Gasteiger partial charge on any atom is -0.495 e.